The van der Waals surface area contributed by atoms with E-state index in [0.717, 1.165) is 5.56 Å². The minimum absolute atomic E-state index is 0.0502. The van der Waals surface area contributed by atoms with E-state index in [4.69, 9.17) is 4.74 Å². The Balaban J connectivity index is 2.32. The number of benzene rings is 2. The number of methoxy groups -OCH3 is 1. The molecule has 7 heteroatoms. The van der Waals surface area contributed by atoms with Crippen LogP contribution in [0.1, 0.15) is 41.8 Å². The van der Waals surface area contributed by atoms with Crippen molar-refractivity contribution in [3.05, 3.63) is 70.9 Å². The summed E-state index contributed by atoms with van der Waals surface area (Å²) in [6.07, 6.45) is 1.76. The van der Waals surface area contributed by atoms with Crippen LogP contribution in [0.2, 0.25) is 0 Å². The van der Waals surface area contributed by atoms with Gasteiger partial charge in [-0.1, -0.05) is 43.7 Å². The monoisotopic (exact) mass is 424 g/mol. The molecule has 0 bridgehead atoms. The van der Waals surface area contributed by atoms with E-state index < -0.39 is 23.8 Å². The van der Waals surface area contributed by atoms with Crippen molar-refractivity contribution in [1.29, 1.82) is 0 Å². The molecule has 2 aromatic carbocycles. The van der Waals surface area contributed by atoms with E-state index in [1.165, 1.54) is 6.08 Å². The molecule has 2 rings (SSSR count). The molecule has 1 atom stereocenters. The molecule has 7 nitrogen and oxygen atoms in total. The zero-order valence-corrected chi connectivity index (χ0v) is 18.1. The molecule has 164 valence electrons. The van der Waals surface area contributed by atoms with Crippen molar-refractivity contribution in [3.63, 3.8) is 0 Å². The molecule has 2 aromatic rings. The molecule has 31 heavy (non-hydrogen) atoms. The molecule has 0 aliphatic heterocycles. The number of hydrogen-bond donors (Lipinski definition) is 3. The molecule has 0 aliphatic carbocycles. The van der Waals surface area contributed by atoms with Crippen LogP contribution in [0, 0.1) is 12.8 Å². The van der Waals surface area contributed by atoms with Gasteiger partial charge in [0.25, 0.3) is 11.8 Å². The van der Waals surface area contributed by atoms with Crippen LogP contribution in [0.4, 0.5) is 0 Å². The summed E-state index contributed by atoms with van der Waals surface area (Å²) >= 11 is 0. The van der Waals surface area contributed by atoms with Gasteiger partial charge in [0.2, 0.25) is 0 Å². The maximum atomic E-state index is 12.9. The Labute approximate surface area is 182 Å². The second-order valence-electron chi connectivity index (χ2n) is 7.65. The number of carbonyl (C=O) groups is 3. The van der Waals surface area contributed by atoms with E-state index in [2.05, 4.69) is 10.6 Å². The van der Waals surface area contributed by atoms with Crippen molar-refractivity contribution < 1.29 is 24.2 Å². The zero-order valence-electron chi connectivity index (χ0n) is 18.1. The van der Waals surface area contributed by atoms with Gasteiger partial charge in [-0.05, 0) is 55.2 Å². The minimum Gasteiger partial charge on any atom is -0.497 e. The fraction of sp³-hybridized carbons (Fsp3) is 0.292. The molecule has 0 spiro atoms. The summed E-state index contributed by atoms with van der Waals surface area (Å²) in [6, 6.07) is 12.8. The first-order chi connectivity index (χ1) is 14.7. The van der Waals surface area contributed by atoms with Crippen LogP contribution < -0.4 is 15.4 Å². The second kappa shape index (κ2) is 11.0. The third kappa shape index (κ3) is 7.29. The lowest BCUT2D eigenvalue weighted by Gasteiger charge is -2.18. The highest BCUT2D eigenvalue weighted by molar-refractivity contribution is 6.06. The van der Waals surface area contributed by atoms with Crippen LogP contribution in [0.3, 0.4) is 0 Å². The molecule has 0 radical (unpaired) electrons. The molecule has 1 unspecified atom stereocenters. The van der Waals surface area contributed by atoms with E-state index in [1.54, 1.807) is 55.6 Å². The molecule has 0 fully saturated rings. The maximum absolute atomic E-state index is 12.9. The van der Waals surface area contributed by atoms with Crippen LogP contribution in [0.25, 0.3) is 6.08 Å². The van der Waals surface area contributed by atoms with E-state index in [-0.39, 0.29) is 18.0 Å². The van der Waals surface area contributed by atoms with Crippen LogP contribution in [0.5, 0.6) is 5.75 Å². The average molecular weight is 424 g/mol. The topological polar surface area (TPSA) is 105 Å². The van der Waals surface area contributed by atoms with Gasteiger partial charge in [0.1, 0.15) is 17.5 Å². The molecular formula is C24H28N2O5. The number of aryl methyl sites for hydroxylation is 1. The highest BCUT2D eigenvalue weighted by Crippen LogP contribution is 2.15. The largest absolute Gasteiger partial charge is 0.497 e. The summed E-state index contributed by atoms with van der Waals surface area (Å²) in [7, 11) is 1.55. The predicted molar refractivity (Wildman–Crippen MR) is 119 cm³/mol. The molecule has 0 heterocycles. The number of ether oxygens (including phenoxy) is 1. The normalized spacial score (nSPS) is 12.2. The molecular weight excluding hydrogens is 396 g/mol. The lowest BCUT2D eigenvalue weighted by atomic mass is 10.0. The van der Waals surface area contributed by atoms with Crippen molar-refractivity contribution in [2.24, 2.45) is 5.92 Å². The number of carboxylic acids is 1. The first kappa shape index (κ1) is 23.7. The number of nitrogens with one attached hydrogen (secondary N) is 2. The van der Waals surface area contributed by atoms with Gasteiger partial charge in [-0.15, -0.1) is 0 Å². The van der Waals surface area contributed by atoms with Gasteiger partial charge in [-0.3, -0.25) is 9.59 Å². The van der Waals surface area contributed by atoms with Crippen molar-refractivity contribution in [1.82, 2.24) is 10.6 Å². The first-order valence-electron chi connectivity index (χ1n) is 9.97. The van der Waals surface area contributed by atoms with Crippen molar-refractivity contribution >= 4 is 23.9 Å². The van der Waals surface area contributed by atoms with Crippen LogP contribution in [-0.2, 0) is 9.59 Å². The quantitative estimate of drug-likeness (QED) is 0.535. The summed E-state index contributed by atoms with van der Waals surface area (Å²) in [4.78, 5) is 37.2. The fourth-order valence-corrected chi connectivity index (χ4v) is 2.85. The number of amides is 2. The number of aliphatic carboxylic acids is 1. The summed E-state index contributed by atoms with van der Waals surface area (Å²) in [5, 5.41) is 14.6. The Hall–Kier alpha value is -3.61. The highest BCUT2D eigenvalue weighted by atomic mass is 16.5. The van der Waals surface area contributed by atoms with Gasteiger partial charge < -0.3 is 20.5 Å². The molecule has 0 saturated carbocycles. The van der Waals surface area contributed by atoms with Gasteiger partial charge in [-0.2, -0.15) is 0 Å². The molecule has 2 amide bonds. The minimum atomic E-state index is -1.13. The molecule has 0 aromatic heterocycles. The highest BCUT2D eigenvalue weighted by Gasteiger charge is 2.24. The molecule has 3 N–H and O–H groups in total. The predicted octanol–water partition coefficient (Wildman–Crippen LogP) is 3.39. The number of carbonyl (C=O) groups excluding carboxylic acids is 2. The zero-order chi connectivity index (χ0) is 23.0. The van der Waals surface area contributed by atoms with Crippen molar-refractivity contribution in [3.8, 4) is 5.75 Å². The lowest BCUT2D eigenvalue weighted by molar-refractivity contribution is -0.141. The Morgan fingerprint density at radius 1 is 1.03 bits per heavy atom. The van der Waals surface area contributed by atoms with Crippen molar-refractivity contribution in [2.75, 3.05) is 7.11 Å². The van der Waals surface area contributed by atoms with Gasteiger partial charge in [0, 0.05) is 5.56 Å². The van der Waals surface area contributed by atoms with Crippen LogP contribution in [0.15, 0.2) is 54.2 Å². The second-order valence-corrected chi connectivity index (χ2v) is 7.65. The molecule has 0 saturated heterocycles. The summed E-state index contributed by atoms with van der Waals surface area (Å²) in [5.74, 6) is -1.56. The average Bonchev–Trinajstić information content (AvgIpc) is 2.73. The fourth-order valence-electron chi connectivity index (χ4n) is 2.85. The summed E-state index contributed by atoms with van der Waals surface area (Å²) < 4.78 is 5.13. The third-order valence-electron chi connectivity index (χ3n) is 4.54. The first-order valence-corrected chi connectivity index (χ1v) is 9.97. The summed E-state index contributed by atoms with van der Waals surface area (Å²) in [6.45, 7) is 5.65. The van der Waals surface area contributed by atoms with Gasteiger partial charge in [-0.25, -0.2) is 4.79 Å². The number of carboxylic acid groups (broad SMARTS) is 1. The Bertz CT molecular complexity index is 947. The van der Waals surface area contributed by atoms with E-state index in [1.807, 2.05) is 20.8 Å². The number of rotatable bonds is 9. The van der Waals surface area contributed by atoms with Crippen LogP contribution >= 0.6 is 0 Å². The van der Waals surface area contributed by atoms with E-state index in [0.29, 0.717) is 16.9 Å². The van der Waals surface area contributed by atoms with Crippen LogP contribution in [-0.4, -0.2) is 36.0 Å². The Morgan fingerprint density at radius 2 is 1.65 bits per heavy atom. The van der Waals surface area contributed by atoms with Gasteiger partial charge >= 0.3 is 5.97 Å². The molecule has 0 aliphatic rings. The Morgan fingerprint density at radius 3 is 2.16 bits per heavy atom. The number of hydrogen-bond acceptors (Lipinski definition) is 4. The standard InChI is InChI=1S/C24H28N2O5/c1-15(2)13-21(24(29)30)26-23(28)20(14-17-7-11-19(31-4)12-8-17)25-22(27)18-9-5-16(3)6-10-18/h5-12,14-15,21H,13H2,1-4H3,(H,25,27)(H,26,28)(H,29,30). The van der Waals surface area contributed by atoms with E-state index in [9.17, 15) is 19.5 Å². The SMILES string of the molecule is COc1ccc(C=C(NC(=O)c2ccc(C)cc2)C(=O)NC(CC(C)C)C(=O)O)cc1. The lowest BCUT2D eigenvalue weighted by Crippen LogP contribution is -2.45. The van der Waals surface area contributed by atoms with Crippen molar-refractivity contribution in [2.45, 2.75) is 33.2 Å². The Kier molecular flexibility index (Phi) is 8.37. The van der Waals surface area contributed by atoms with E-state index >= 15 is 0 Å². The smallest absolute Gasteiger partial charge is 0.326 e. The third-order valence-corrected chi connectivity index (χ3v) is 4.54. The van der Waals surface area contributed by atoms with Gasteiger partial charge in [0.15, 0.2) is 0 Å². The summed E-state index contributed by atoms with van der Waals surface area (Å²) in [5.41, 5.74) is 1.98. The van der Waals surface area contributed by atoms with Gasteiger partial charge in [0.05, 0.1) is 7.11 Å². The maximum Gasteiger partial charge on any atom is 0.326 e.